The number of aromatic amines is 2. The predicted octanol–water partition coefficient (Wildman–Crippen LogP) is 8.55. The Bertz CT molecular complexity index is 1760. The zero-order valence-corrected chi connectivity index (χ0v) is 23.6. The highest BCUT2D eigenvalue weighted by molar-refractivity contribution is 5.98. The molecule has 0 radical (unpaired) electrons. The highest BCUT2D eigenvalue weighted by atomic mass is 16.1. The summed E-state index contributed by atoms with van der Waals surface area (Å²) in [6.07, 6.45) is 7.89. The first-order valence-electron chi connectivity index (χ1n) is 13.7. The van der Waals surface area contributed by atoms with Gasteiger partial charge in [-0.25, -0.2) is 9.97 Å². The molecule has 8 bridgehead atoms. The number of aromatic nitrogens is 4. The van der Waals surface area contributed by atoms with Crippen LogP contribution in [0.25, 0.3) is 50.4 Å². The molecule has 198 valence electrons. The van der Waals surface area contributed by atoms with Crippen LogP contribution in [0.5, 0.6) is 0 Å². The third kappa shape index (κ3) is 4.52. The fourth-order valence-corrected chi connectivity index (χ4v) is 5.76. The second kappa shape index (κ2) is 10.5. The Kier molecular flexibility index (Phi) is 7.09. The maximum atomic E-state index is 11.3. The van der Waals surface area contributed by atoms with E-state index in [1.165, 1.54) is 11.1 Å². The average Bonchev–Trinajstić information content (AvgIpc) is 3.57. The number of aldehydes is 1. The van der Waals surface area contributed by atoms with Crippen LogP contribution in [-0.4, -0.2) is 26.2 Å². The zero-order valence-electron chi connectivity index (χ0n) is 23.6. The molecule has 5 rings (SSSR count). The van der Waals surface area contributed by atoms with E-state index in [1.54, 1.807) is 0 Å². The van der Waals surface area contributed by atoms with Crippen molar-refractivity contribution in [2.45, 2.75) is 60.3 Å². The first-order valence-corrected chi connectivity index (χ1v) is 13.7. The highest BCUT2D eigenvalue weighted by Crippen LogP contribution is 2.37. The lowest BCUT2D eigenvalue weighted by atomic mass is 10.0. The summed E-state index contributed by atoms with van der Waals surface area (Å²) in [4.78, 5) is 28.8. The third-order valence-electron chi connectivity index (χ3n) is 8.06. The molecule has 0 unspecified atom stereocenters. The van der Waals surface area contributed by atoms with E-state index >= 15 is 0 Å². The molecule has 0 saturated carbocycles. The Morgan fingerprint density at radius 2 is 1.41 bits per heavy atom. The molecule has 5 nitrogen and oxygen atoms in total. The van der Waals surface area contributed by atoms with Crippen molar-refractivity contribution in [1.82, 2.24) is 19.9 Å². The van der Waals surface area contributed by atoms with Crippen LogP contribution in [0.15, 0.2) is 43.5 Å². The second-order valence-electron chi connectivity index (χ2n) is 10.4. The van der Waals surface area contributed by atoms with Crippen LogP contribution < -0.4 is 0 Å². The van der Waals surface area contributed by atoms with Crippen LogP contribution in [-0.2, 0) is 11.2 Å². The fraction of sp³-hybridized carbons (Fsp3) is 0.265. The van der Waals surface area contributed by atoms with Crippen LogP contribution in [0.4, 0.5) is 0 Å². The summed E-state index contributed by atoms with van der Waals surface area (Å²) in [6.45, 7) is 18.8. The van der Waals surface area contributed by atoms with Gasteiger partial charge in [0, 0.05) is 39.6 Å². The van der Waals surface area contributed by atoms with Crippen LogP contribution >= 0.6 is 0 Å². The minimum atomic E-state index is 0.474. The number of rotatable bonds is 7. The highest BCUT2D eigenvalue weighted by Gasteiger charge is 2.20. The third-order valence-corrected chi connectivity index (χ3v) is 8.06. The Labute approximate surface area is 230 Å². The summed E-state index contributed by atoms with van der Waals surface area (Å²) in [5.74, 6) is 0. The van der Waals surface area contributed by atoms with Crippen molar-refractivity contribution in [2.75, 3.05) is 0 Å². The quantitative estimate of drug-likeness (QED) is 0.309. The molecule has 2 N–H and O–H groups in total. The molecule has 0 spiro atoms. The number of carbonyl (C=O) groups excluding carboxylic acids is 1. The van der Waals surface area contributed by atoms with Crippen molar-refractivity contribution in [3.05, 3.63) is 88.5 Å². The van der Waals surface area contributed by atoms with E-state index < -0.39 is 0 Å². The number of allylic oxidation sites excluding steroid dienone is 5. The van der Waals surface area contributed by atoms with Gasteiger partial charge in [-0.15, -0.1) is 0 Å². The van der Waals surface area contributed by atoms with E-state index in [-0.39, 0.29) is 0 Å². The van der Waals surface area contributed by atoms with Gasteiger partial charge in [0.15, 0.2) is 0 Å². The van der Waals surface area contributed by atoms with Gasteiger partial charge < -0.3 is 14.8 Å². The largest absolute Gasteiger partial charge is 0.355 e. The Balaban J connectivity index is 1.98. The summed E-state index contributed by atoms with van der Waals surface area (Å²) in [5, 5.41) is 0. The van der Waals surface area contributed by atoms with Crippen molar-refractivity contribution < 1.29 is 4.79 Å². The van der Waals surface area contributed by atoms with Gasteiger partial charge >= 0.3 is 0 Å². The van der Waals surface area contributed by atoms with E-state index in [1.807, 2.05) is 12.2 Å². The number of nitrogens with zero attached hydrogens (tertiary/aromatic N) is 2. The van der Waals surface area contributed by atoms with Gasteiger partial charge in [-0.1, -0.05) is 38.7 Å². The van der Waals surface area contributed by atoms with Gasteiger partial charge in [-0.05, 0) is 98.2 Å². The molecule has 2 aliphatic heterocycles. The first kappa shape index (κ1) is 26.4. The van der Waals surface area contributed by atoms with Crippen LogP contribution in [0.1, 0.15) is 85.1 Å². The number of H-pyrrole nitrogens is 2. The van der Waals surface area contributed by atoms with Crippen molar-refractivity contribution in [1.29, 1.82) is 0 Å². The van der Waals surface area contributed by atoms with Gasteiger partial charge in [-0.3, -0.25) is 0 Å². The Hall–Kier alpha value is -4.25. The Morgan fingerprint density at radius 1 is 0.744 bits per heavy atom. The summed E-state index contributed by atoms with van der Waals surface area (Å²) in [6, 6.07) is 8.50. The van der Waals surface area contributed by atoms with Crippen molar-refractivity contribution in [3.8, 4) is 0 Å². The molecule has 0 atom stereocenters. The van der Waals surface area contributed by atoms with E-state index in [9.17, 15) is 4.79 Å². The minimum Gasteiger partial charge on any atom is -0.355 e. The molecular weight excluding hydrogens is 480 g/mol. The summed E-state index contributed by atoms with van der Waals surface area (Å²) >= 11 is 0. The lowest BCUT2D eigenvalue weighted by molar-refractivity contribution is -0.107. The summed E-state index contributed by atoms with van der Waals surface area (Å²) in [5.41, 5.74) is 16.7. The molecule has 0 amide bonds. The molecule has 5 heteroatoms. The summed E-state index contributed by atoms with van der Waals surface area (Å²) in [7, 11) is 0. The normalized spacial score (nSPS) is 13.3. The number of nitrogens with one attached hydrogen (secondary N) is 2. The first-order chi connectivity index (χ1) is 18.8. The maximum absolute atomic E-state index is 11.3. The van der Waals surface area contributed by atoms with Gasteiger partial charge in [0.1, 0.15) is 6.29 Å². The SMILES string of the molecule is C=CC1=C(C)c2cc3nc(cc4[nH]c(cc5[nH]c(cc1n2)c(C)c5C=C)c(C)c4CCC=O)C(CCC)=C3C. The molecule has 0 aromatic carbocycles. The lowest BCUT2D eigenvalue weighted by Crippen LogP contribution is -1.88. The Morgan fingerprint density at radius 3 is 2.10 bits per heavy atom. The van der Waals surface area contributed by atoms with E-state index in [4.69, 9.17) is 9.97 Å². The van der Waals surface area contributed by atoms with Crippen LogP contribution in [0.3, 0.4) is 0 Å². The van der Waals surface area contributed by atoms with Gasteiger partial charge in [0.2, 0.25) is 0 Å². The van der Waals surface area contributed by atoms with Gasteiger partial charge in [0.05, 0.1) is 22.8 Å². The molecule has 5 heterocycles. The smallest absolute Gasteiger partial charge is 0.120 e. The zero-order chi connectivity index (χ0) is 27.8. The average molecular weight is 517 g/mol. The van der Waals surface area contributed by atoms with Gasteiger partial charge in [-0.2, -0.15) is 0 Å². The molecule has 0 saturated heterocycles. The summed E-state index contributed by atoms with van der Waals surface area (Å²) < 4.78 is 0. The molecule has 3 aromatic rings. The van der Waals surface area contributed by atoms with Crippen LogP contribution in [0, 0.1) is 13.8 Å². The maximum Gasteiger partial charge on any atom is 0.120 e. The van der Waals surface area contributed by atoms with E-state index in [0.29, 0.717) is 12.8 Å². The number of hydrogen-bond donors (Lipinski definition) is 2. The van der Waals surface area contributed by atoms with Crippen molar-refractivity contribution in [2.24, 2.45) is 0 Å². The predicted molar refractivity (Wildman–Crippen MR) is 165 cm³/mol. The standard InChI is InChI=1S/C34H36N4O/c1-8-12-25-21(6)28-15-27-19(4)23(9-2)31(35-27)16-29-20(5)24(10-3)32(36-29)17-30-22(7)26(13-11-14-39)34(38-30)18-33(25)37-28/h9-10,14-18,36,38H,2-3,8,11-13H2,1,4-7H3. The number of fused-ring (bicyclic) bond motifs is 8. The molecule has 3 aromatic heterocycles. The molecule has 0 aliphatic carbocycles. The lowest BCUT2D eigenvalue weighted by Gasteiger charge is -2.02. The molecular formula is C34H36N4O. The van der Waals surface area contributed by atoms with E-state index in [2.05, 4.69) is 82.0 Å². The fourth-order valence-electron chi connectivity index (χ4n) is 5.76. The minimum absolute atomic E-state index is 0.474. The molecule has 2 aliphatic rings. The van der Waals surface area contributed by atoms with Crippen LogP contribution in [0.2, 0.25) is 0 Å². The van der Waals surface area contributed by atoms with E-state index in [0.717, 1.165) is 97.4 Å². The number of hydrogen-bond acceptors (Lipinski definition) is 3. The van der Waals surface area contributed by atoms with Gasteiger partial charge in [0.25, 0.3) is 0 Å². The number of aryl methyl sites for hydroxylation is 3. The van der Waals surface area contributed by atoms with Crippen molar-refractivity contribution in [3.63, 3.8) is 0 Å². The van der Waals surface area contributed by atoms with Crippen molar-refractivity contribution >= 4 is 56.7 Å². The second-order valence-corrected chi connectivity index (χ2v) is 10.4. The molecule has 0 fully saturated rings. The molecule has 39 heavy (non-hydrogen) atoms. The number of carbonyl (C=O) groups is 1. The topological polar surface area (TPSA) is 74.4 Å². The monoisotopic (exact) mass is 516 g/mol.